The Hall–Kier alpha value is -0.970. The van der Waals surface area contributed by atoms with E-state index in [1.54, 1.807) is 24.3 Å². The van der Waals surface area contributed by atoms with Gasteiger partial charge in [0.25, 0.3) is 0 Å². The summed E-state index contributed by atoms with van der Waals surface area (Å²) >= 11 is 8.91. The first-order valence-electron chi connectivity index (χ1n) is 5.15. The minimum Gasteiger partial charge on any atom is -0.320 e. The number of rotatable bonds is 2. The van der Waals surface area contributed by atoms with Crippen LogP contribution >= 0.6 is 27.5 Å². The lowest BCUT2D eigenvalue weighted by atomic mass is 9.99. The van der Waals surface area contributed by atoms with Crippen molar-refractivity contribution in [3.63, 3.8) is 0 Å². The third-order valence-electron chi connectivity index (χ3n) is 2.61. The van der Waals surface area contributed by atoms with Crippen LogP contribution in [0.2, 0.25) is 5.02 Å². The van der Waals surface area contributed by atoms with E-state index in [1.807, 2.05) is 0 Å². The fourth-order valence-electron chi connectivity index (χ4n) is 1.67. The van der Waals surface area contributed by atoms with E-state index in [2.05, 4.69) is 15.9 Å². The van der Waals surface area contributed by atoms with Crippen molar-refractivity contribution < 1.29 is 8.78 Å². The minimum atomic E-state index is -0.804. The summed E-state index contributed by atoms with van der Waals surface area (Å²) in [5.74, 6) is -1.13. The summed E-state index contributed by atoms with van der Waals surface area (Å²) in [6, 6.07) is 8.16. The molecule has 0 amide bonds. The smallest absolute Gasteiger partial charge is 0.137 e. The second kappa shape index (κ2) is 5.34. The first kappa shape index (κ1) is 13.5. The Morgan fingerprint density at radius 1 is 1.06 bits per heavy atom. The molecule has 0 heterocycles. The molecule has 0 aliphatic heterocycles. The molecule has 0 aliphatic carbocycles. The van der Waals surface area contributed by atoms with Gasteiger partial charge in [-0.2, -0.15) is 0 Å². The summed E-state index contributed by atoms with van der Waals surface area (Å²) in [6.07, 6.45) is 0. The largest absolute Gasteiger partial charge is 0.320 e. The summed E-state index contributed by atoms with van der Waals surface area (Å²) in [7, 11) is 0. The average molecular weight is 333 g/mol. The lowest BCUT2D eigenvalue weighted by Crippen LogP contribution is -2.14. The highest BCUT2D eigenvalue weighted by Gasteiger charge is 2.18. The van der Waals surface area contributed by atoms with Crippen LogP contribution in [0.3, 0.4) is 0 Å². The van der Waals surface area contributed by atoms with Crippen LogP contribution in [-0.4, -0.2) is 0 Å². The fraction of sp³-hybridized carbons (Fsp3) is 0.0769. The highest BCUT2D eigenvalue weighted by molar-refractivity contribution is 9.10. The Morgan fingerprint density at radius 2 is 1.72 bits per heavy atom. The van der Waals surface area contributed by atoms with Gasteiger partial charge < -0.3 is 5.73 Å². The first-order chi connectivity index (χ1) is 8.50. The Labute approximate surface area is 117 Å². The highest BCUT2D eigenvalue weighted by atomic mass is 79.9. The molecule has 1 unspecified atom stereocenters. The normalized spacial score (nSPS) is 12.5. The zero-order valence-electron chi connectivity index (χ0n) is 9.13. The molecular formula is C13H9BrClF2N. The summed E-state index contributed by atoms with van der Waals surface area (Å²) in [5.41, 5.74) is 6.56. The van der Waals surface area contributed by atoms with Crippen molar-refractivity contribution in [2.75, 3.05) is 0 Å². The lowest BCUT2D eigenvalue weighted by Gasteiger charge is -2.15. The van der Waals surface area contributed by atoms with Crippen LogP contribution in [0.1, 0.15) is 17.2 Å². The number of hydrogen-bond acceptors (Lipinski definition) is 1. The van der Waals surface area contributed by atoms with Gasteiger partial charge in [0.05, 0.1) is 10.5 Å². The minimum absolute atomic E-state index is 0.0649. The van der Waals surface area contributed by atoms with Crippen molar-refractivity contribution in [1.82, 2.24) is 0 Å². The van der Waals surface area contributed by atoms with Crippen molar-refractivity contribution in [3.05, 3.63) is 68.7 Å². The van der Waals surface area contributed by atoms with E-state index in [1.165, 1.54) is 0 Å². The predicted molar refractivity (Wildman–Crippen MR) is 71.5 cm³/mol. The van der Waals surface area contributed by atoms with E-state index in [4.69, 9.17) is 17.3 Å². The van der Waals surface area contributed by atoms with Crippen molar-refractivity contribution in [1.29, 1.82) is 0 Å². The van der Waals surface area contributed by atoms with Gasteiger partial charge in [0.2, 0.25) is 0 Å². The molecule has 2 N–H and O–H groups in total. The zero-order chi connectivity index (χ0) is 13.3. The van der Waals surface area contributed by atoms with Crippen LogP contribution in [0.4, 0.5) is 8.78 Å². The van der Waals surface area contributed by atoms with Crippen LogP contribution < -0.4 is 5.73 Å². The molecule has 0 bridgehead atoms. The number of hydrogen-bond donors (Lipinski definition) is 1. The summed E-state index contributed by atoms with van der Waals surface area (Å²) in [5, 5.41) is 0.424. The SMILES string of the molecule is NC(c1cc(F)c(Br)cc1F)c1ccccc1Cl. The van der Waals surface area contributed by atoms with E-state index in [9.17, 15) is 8.78 Å². The number of nitrogens with two attached hydrogens (primary N) is 1. The molecule has 0 aliphatic rings. The van der Waals surface area contributed by atoms with Gasteiger partial charge in [-0.1, -0.05) is 29.8 Å². The van der Waals surface area contributed by atoms with Crippen LogP contribution in [0.15, 0.2) is 40.9 Å². The Bertz CT molecular complexity index is 589. The zero-order valence-corrected chi connectivity index (χ0v) is 11.5. The molecule has 0 spiro atoms. The van der Waals surface area contributed by atoms with Gasteiger partial charge in [-0.3, -0.25) is 0 Å². The van der Waals surface area contributed by atoms with E-state index in [-0.39, 0.29) is 10.0 Å². The third kappa shape index (κ3) is 2.55. The van der Waals surface area contributed by atoms with Crippen molar-refractivity contribution in [2.24, 2.45) is 5.73 Å². The molecule has 0 fully saturated rings. The topological polar surface area (TPSA) is 26.0 Å². The number of halogens is 4. The maximum Gasteiger partial charge on any atom is 0.137 e. The molecule has 2 aromatic carbocycles. The van der Waals surface area contributed by atoms with Gasteiger partial charge in [0, 0.05) is 10.6 Å². The van der Waals surface area contributed by atoms with Crippen LogP contribution in [-0.2, 0) is 0 Å². The van der Waals surface area contributed by atoms with Crippen LogP contribution in [0.5, 0.6) is 0 Å². The van der Waals surface area contributed by atoms with Gasteiger partial charge in [-0.05, 0) is 39.7 Å². The molecule has 1 nitrogen and oxygen atoms in total. The fourth-order valence-corrected chi connectivity index (χ4v) is 2.24. The maximum atomic E-state index is 13.8. The van der Waals surface area contributed by atoms with Crippen LogP contribution in [0, 0.1) is 11.6 Å². The maximum absolute atomic E-state index is 13.8. The number of benzene rings is 2. The van der Waals surface area contributed by atoms with Gasteiger partial charge in [0.1, 0.15) is 11.6 Å². The van der Waals surface area contributed by atoms with E-state index in [0.717, 1.165) is 12.1 Å². The van der Waals surface area contributed by atoms with Crippen molar-refractivity contribution in [2.45, 2.75) is 6.04 Å². The molecule has 0 radical (unpaired) electrons. The van der Waals surface area contributed by atoms with Gasteiger partial charge in [-0.25, -0.2) is 8.78 Å². The highest BCUT2D eigenvalue weighted by Crippen LogP contribution is 2.30. The lowest BCUT2D eigenvalue weighted by molar-refractivity contribution is 0.572. The van der Waals surface area contributed by atoms with Gasteiger partial charge in [-0.15, -0.1) is 0 Å². The van der Waals surface area contributed by atoms with E-state index in [0.29, 0.717) is 10.6 Å². The molecule has 18 heavy (non-hydrogen) atoms. The summed E-state index contributed by atoms with van der Waals surface area (Å²) in [6.45, 7) is 0. The molecular weight excluding hydrogens is 324 g/mol. The molecule has 1 atom stereocenters. The quantitative estimate of drug-likeness (QED) is 0.809. The predicted octanol–water partition coefficient (Wildman–Crippen LogP) is 4.43. The molecule has 5 heteroatoms. The molecule has 0 saturated heterocycles. The Balaban J connectivity index is 2.50. The second-order valence-electron chi connectivity index (χ2n) is 3.79. The molecule has 0 aromatic heterocycles. The molecule has 0 saturated carbocycles. The molecule has 2 rings (SSSR count). The standard InChI is InChI=1S/C13H9BrClF2N/c14-9-6-11(16)8(5-12(9)17)13(18)7-3-1-2-4-10(7)15/h1-6,13H,18H2. The Kier molecular flexibility index (Phi) is 4.00. The average Bonchev–Trinajstić information content (AvgIpc) is 2.33. The monoisotopic (exact) mass is 331 g/mol. The van der Waals surface area contributed by atoms with Gasteiger partial charge >= 0.3 is 0 Å². The van der Waals surface area contributed by atoms with E-state index < -0.39 is 17.7 Å². The summed E-state index contributed by atoms with van der Waals surface area (Å²) in [4.78, 5) is 0. The van der Waals surface area contributed by atoms with Crippen LogP contribution in [0.25, 0.3) is 0 Å². The Morgan fingerprint density at radius 3 is 2.39 bits per heavy atom. The molecule has 94 valence electrons. The van der Waals surface area contributed by atoms with E-state index >= 15 is 0 Å². The molecule has 2 aromatic rings. The van der Waals surface area contributed by atoms with Crippen molar-refractivity contribution in [3.8, 4) is 0 Å². The summed E-state index contributed by atoms with van der Waals surface area (Å²) < 4.78 is 27.3. The second-order valence-corrected chi connectivity index (χ2v) is 5.05. The van der Waals surface area contributed by atoms with Crippen molar-refractivity contribution >= 4 is 27.5 Å². The first-order valence-corrected chi connectivity index (χ1v) is 6.32. The van der Waals surface area contributed by atoms with Gasteiger partial charge in [0.15, 0.2) is 0 Å². The third-order valence-corrected chi connectivity index (χ3v) is 3.57.